The maximum Gasteiger partial charge on any atom is 0.236 e. The van der Waals surface area contributed by atoms with Crippen LogP contribution in [-0.4, -0.2) is 36.6 Å². The van der Waals surface area contributed by atoms with Gasteiger partial charge in [-0.2, -0.15) is 0 Å². The Balaban J connectivity index is 0.00000162. The van der Waals surface area contributed by atoms with Crippen molar-refractivity contribution in [2.24, 2.45) is 5.73 Å². The minimum Gasteiger partial charge on any atom is -0.374 e. The molecule has 18 heavy (non-hydrogen) atoms. The molecule has 1 aliphatic heterocycles. The normalized spacial score (nSPS) is 23.3. The fourth-order valence-corrected chi connectivity index (χ4v) is 2.15. The third kappa shape index (κ3) is 3.22. The summed E-state index contributed by atoms with van der Waals surface area (Å²) in [6.45, 7) is 3.17. The first kappa shape index (κ1) is 15.0. The molecule has 4 nitrogen and oxygen atoms in total. The number of amides is 1. The van der Waals surface area contributed by atoms with Crippen molar-refractivity contribution < 1.29 is 9.53 Å². The number of benzene rings is 1. The highest BCUT2D eigenvalue weighted by molar-refractivity contribution is 5.85. The van der Waals surface area contributed by atoms with Gasteiger partial charge in [0.25, 0.3) is 0 Å². The summed E-state index contributed by atoms with van der Waals surface area (Å²) in [7, 11) is 0. The van der Waals surface area contributed by atoms with Crippen LogP contribution in [0.2, 0.25) is 0 Å². The molecular formula is C13H19ClN2O2. The average Bonchev–Trinajstić information content (AvgIpc) is 2.38. The Morgan fingerprint density at radius 1 is 1.44 bits per heavy atom. The van der Waals surface area contributed by atoms with Crippen LogP contribution in [0.4, 0.5) is 0 Å². The molecule has 1 heterocycles. The molecule has 1 fully saturated rings. The van der Waals surface area contributed by atoms with Crippen molar-refractivity contribution in [2.45, 2.75) is 19.1 Å². The van der Waals surface area contributed by atoms with E-state index < -0.39 is 0 Å². The van der Waals surface area contributed by atoms with Gasteiger partial charge in [0, 0.05) is 6.54 Å². The van der Waals surface area contributed by atoms with Gasteiger partial charge in [0.05, 0.1) is 25.3 Å². The minimum atomic E-state index is -0.0194. The van der Waals surface area contributed by atoms with Crippen molar-refractivity contribution in [2.75, 3.05) is 19.7 Å². The van der Waals surface area contributed by atoms with Gasteiger partial charge in [0.15, 0.2) is 0 Å². The highest BCUT2D eigenvalue weighted by atomic mass is 35.5. The molecule has 1 aromatic carbocycles. The van der Waals surface area contributed by atoms with Crippen LogP contribution in [0.15, 0.2) is 30.3 Å². The first-order chi connectivity index (χ1) is 8.22. The zero-order valence-corrected chi connectivity index (χ0v) is 11.2. The second kappa shape index (κ2) is 6.73. The van der Waals surface area contributed by atoms with Gasteiger partial charge in [-0.05, 0) is 12.5 Å². The predicted octanol–water partition coefficient (Wildman–Crippen LogP) is 1.36. The Hall–Kier alpha value is -1.10. The summed E-state index contributed by atoms with van der Waals surface area (Å²) in [4.78, 5) is 13.7. The molecule has 0 radical (unpaired) electrons. The lowest BCUT2D eigenvalue weighted by molar-refractivity contribution is -0.143. The molecule has 1 saturated heterocycles. The predicted molar refractivity (Wildman–Crippen MR) is 72.6 cm³/mol. The number of hydrogen-bond donors (Lipinski definition) is 1. The Morgan fingerprint density at radius 2 is 2.11 bits per heavy atom. The van der Waals surface area contributed by atoms with Gasteiger partial charge in [-0.15, -0.1) is 12.4 Å². The van der Waals surface area contributed by atoms with Crippen molar-refractivity contribution in [3.05, 3.63) is 35.9 Å². The molecule has 0 aromatic heterocycles. The molecule has 0 spiro atoms. The monoisotopic (exact) mass is 270 g/mol. The minimum absolute atomic E-state index is 0. The number of halogens is 1. The summed E-state index contributed by atoms with van der Waals surface area (Å²) < 4.78 is 5.64. The van der Waals surface area contributed by atoms with E-state index in [9.17, 15) is 4.79 Å². The van der Waals surface area contributed by atoms with E-state index in [1.807, 2.05) is 42.2 Å². The second-order valence-electron chi connectivity index (χ2n) is 4.32. The average molecular weight is 271 g/mol. The molecule has 5 heteroatoms. The van der Waals surface area contributed by atoms with Crippen LogP contribution in [0.3, 0.4) is 0 Å². The fraction of sp³-hybridized carbons (Fsp3) is 0.462. The van der Waals surface area contributed by atoms with E-state index in [4.69, 9.17) is 10.5 Å². The van der Waals surface area contributed by atoms with Gasteiger partial charge in [-0.25, -0.2) is 0 Å². The summed E-state index contributed by atoms with van der Waals surface area (Å²) in [5.74, 6) is -0.0194. The summed E-state index contributed by atoms with van der Waals surface area (Å²) in [5, 5.41) is 0. The summed E-state index contributed by atoms with van der Waals surface area (Å²) in [5.41, 5.74) is 6.55. The van der Waals surface area contributed by atoms with Crippen molar-refractivity contribution in [3.63, 3.8) is 0 Å². The molecule has 1 aromatic rings. The van der Waals surface area contributed by atoms with Gasteiger partial charge in [0.1, 0.15) is 0 Å². The van der Waals surface area contributed by atoms with Gasteiger partial charge in [-0.3, -0.25) is 4.79 Å². The Labute approximate surface area is 114 Å². The Morgan fingerprint density at radius 3 is 2.72 bits per heavy atom. The number of nitrogens with zero attached hydrogens (tertiary/aromatic N) is 1. The van der Waals surface area contributed by atoms with Gasteiger partial charge in [-0.1, -0.05) is 30.3 Å². The van der Waals surface area contributed by atoms with E-state index in [1.54, 1.807) is 0 Å². The van der Waals surface area contributed by atoms with E-state index in [-0.39, 0.29) is 37.0 Å². The maximum absolute atomic E-state index is 11.8. The quantitative estimate of drug-likeness (QED) is 0.883. The maximum atomic E-state index is 11.8. The third-order valence-corrected chi connectivity index (χ3v) is 3.05. The SMILES string of the molecule is CC1CN(C(=O)CN)C(c2ccccc2)CO1.Cl. The van der Waals surface area contributed by atoms with E-state index in [0.29, 0.717) is 13.2 Å². The van der Waals surface area contributed by atoms with Crippen LogP contribution in [-0.2, 0) is 9.53 Å². The summed E-state index contributed by atoms with van der Waals surface area (Å²) in [6, 6.07) is 9.92. The molecule has 2 rings (SSSR count). The van der Waals surface area contributed by atoms with Crippen molar-refractivity contribution in [1.29, 1.82) is 0 Å². The zero-order chi connectivity index (χ0) is 12.3. The molecule has 0 bridgehead atoms. The second-order valence-corrected chi connectivity index (χ2v) is 4.32. The van der Waals surface area contributed by atoms with E-state index in [2.05, 4.69) is 0 Å². The van der Waals surface area contributed by atoms with E-state index in [1.165, 1.54) is 0 Å². The van der Waals surface area contributed by atoms with Crippen LogP contribution in [0.1, 0.15) is 18.5 Å². The topological polar surface area (TPSA) is 55.6 Å². The summed E-state index contributed by atoms with van der Waals surface area (Å²) >= 11 is 0. The van der Waals surface area contributed by atoms with Crippen LogP contribution < -0.4 is 5.73 Å². The van der Waals surface area contributed by atoms with Crippen LogP contribution in [0, 0.1) is 0 Å². The lowest BCUT2D eigenvalue weighted by Crippen LogP contribution is -2.48. The molecule has 1 aliphatic rings. The number of ether oxygens (including phenoxy) is 1. The largest absolute Gasteiger partial charge is 0.374 e. The standard InChI is InChI=1S/C13H18N2O2.ClH/c1-10-8-15(13(16)7-14)12(9-17-10)11-5-3-2-4-6-11;/h2-6,10,12H,7-9,14H2,1H3;1H. The first-order valence-corrected chi connectivity index (χ1v) is 5.88. The third-order valence-electron chi connectivity index (χ3n) is 3.05. The molecule has 100 valence electrons. The smallest absolute Gasteiger partial charge is 0.236 e. The van der Waals surface area contributed by atoms with E-state index >= 15 is 0 Å². The van der Waals surface area contributed by atoms with Crippen molar-refractivity contribution in [3.8, 4) is 0 Å². The first-order valence-electron chi connectivity index (χ1n) is 5.88. The van der Waals surface area contributed by atoms with Gasteiger partial charge < -0.3 is 15.4 Å². The highest BCUT2D eigenvalue weighted by Crippen LogP contribution is 2.25. The number of carbonyl (C=O) groups excluding carboxylic acids is 1. The van der Waals surface area contributed by atoms with Crippen molar-refractivity contribution in [1.82, 2.24) is 4.90 Å². The Bertz CT molecular complexity index is 386. The molecule has 2 N–H and O–H groups in total. The van der Waals surface area contributed by atoms with Crippen molar-refractivity contribution >= 4 is 18.3 Å². The van der Waals surface area contributed by atoms with Crippen LogP contribution in [0.25, 0.3) is 0 Å². The molecule has 0 aliphatic carbocycles. The number of morpholine rings is 1. The molecule has 1 amide bonds. The van der Waals surface area contributed by atoms with Crippen LogP contribution in [0.5, 0.6) is 0 Å². The van der Waals surface area contributed by atoms with Gasteiger partial charge in [0.2, 0.25) is 5.91 Å². The zero-order valence-electron chi connectivity index (χ0n) is 10.4. The fourth-order valence-electron chi connectivity index (χ4n) is 2.15. The highest BCUT2D eigenvalue weighted by Gasteiger charge is 2.30. The molecule has 2 atom stereocenters. The Kier molecular flexibility index (Phi) is 5.59. The van der Waals surface area contributed by atoms with E-state index in [0.717, 1.165) is 5.56 Å². The number of nitrogens with two attached hydrogens (primary N) is 1. The lowest BCUT2D eigenvalue weighted by atomic mass is 10.0. The molecule has 2 unspecified atom stereocenters. The number of hydrogen-bond acceptors (Lipinski definition) is 3. The lowest BCUT2D eigenvalue weighted by Gasteiger charge is -2.38. The number of carbonyl (C=O) groups is 1. The van der Waals surface area contributed by atoms with Crippen LogP contribution >= 0.6 is 12.4 Å². The van der Waals surface area contributed by atoms with Gasteiger partial charge >= 0.3 is 0 Å². The molecular weight excluding hydrogens is 252 g/mol. The number of rotatable bonds is 2. The summed E-state index contributed by atoms with van der Waals surface area (Å²) in [6.07, 6.45) is 0.0745. The molecule has 0 saturated carbocycles.